The number of aliphatic carboxylic acids is 1. The number of rotatable bonds is 8. The van der Waals surface area contributed by atoms with E-state index in [2.05, 4.69) is 4.72 Å². The number of hydrogen-bond donors (Lipinski definition) is 3. The van der Waals surface area contributed by atoms with Crippen molar-refractivity contribution in [3.8, 4) is 0 Å². The summed E-state index contributed by atoms with van der Waals surface area (Å²) in [6.07, 6.45) is 0.765. The van der Waals surface area contributed by atoms with Gasteiger partial charge in [-0.1, -0.05) is 26.0 Å². The molecule has 3 N–H and O–H groups in total. The van der Waals surface area contributed by atoms with E-state index in [1.54, 1.807) is 12.1 Å². The van der Waals surface area contributed by atoms with E-state index in [1.165, 1.54) is 12.1 Å². The van der Waals surface area contributed by atoms with Crippen molar-refractivity contribution in [2.75, 3.05) is 6.61 Å². The number of aliphatic hydroxyl groups excluding tert-OH is 1. The van der Waals surface area contributed by atoms with Gasteiger partial charge in [0.2, 0.25) is 10.0 Å². The summed E-state index contributed by atoms with van der Waals surface area (Å²) >= 11 is 0. The minimum Gasteiger partial charge on any atom is -0.480 e. The average Bonchev–Trinajstić information content (AvgIpc) is 2.45. The molecule has 0 fully saturated rings. The molecule has 7 heteroatoms. The molecule has 1 aromatic rings. The van der Waals surface area contributed by atoms with E-state index < -0.39 is 28.6 Å². The third kappa shape index (κ3) is 4.80. The highest BCUT2D eigenvalue weighted by molar-refractivity contribution is 7.89. The first-order valence-corrected chi connectivity index (χ1v) is 8.26. The van der Waals surface area contributed by atoms with E-state index in [9.17, 15) is 13.2 Å². The Hall–Kier alpha value is -1.44. The van der Waals surface area contributed by atoms with Crippen molar-refractivity contribution in [2.24, 2.45) is 0 Å². The van der Waals surface area contributed by atoms with Crippen molar-refractivity contribution in [3.63, 3.8) is 0 Å². The number of sulfonamides is 1. The maximum Gasteiger partial charge on any atom is 0.321 e. The van der Waals surface area contributed by atoms with Crippen molar-refractivity contribution in [2.45, 2.75) is 43.5 Å². The highest BCUT2D eigenvalue weighted by atomic mass is 32.2. The highest BCUT2D eigenvalue weighted by Gasteiger charge is 2.24. The predicted molar refractivity (Wildman–Crippen MR) is 78.6 cm³/mol. The van der Waals surface area contributed by atoms with E-state index in [1.807, 2.05) is 13.8 Å². The van der Waals surface area contributed by atoms with Crippen molar-refractivity contribution in [1.82, 2.24) is 4.72 Å². The largest absolute Gasteiger partial charge is 0.480 e. The van der Waals surface area contributed by atoms with Gasteiger partial charge in [0.1, 0.15) is 6.04 Å². The Labute approximate surface area is 124 Å². The first-order chi connectivity index (χ1) is 9.81. The Morgan fingerprint density at radius 1 is 1.29 bits per heavy atom. The summed E-state index contributed by atoms with van der Waals surface area (Å²) in [5.74, 6) is -0.986. The summed E-state index contributed by atoms with van der Waals surface area (Å²) in [4.78, 5) is 11.0. The number of hydrogen-bond acceptors (Lipinski definition) is 4. The monoisotopic (exact) mass is 315 g/mol. The van der Waals surface area contributed by atoms with Gasteiger partial charge in [-0.05, 0) is 36.5 Å². The van der Waals surface area contributed by atoms with Crippen LogP contribution in [0.2, 0.25) is 0 Å². The van der Waals surface area contributed by atoms with E-state index in [0.29, 0.717) is 5.92 Å². The summed E-state index contributed by atoms with van der Waals surface area (Å²) in [5, 5.41) is 17.7. The molecule has 0 saturated heterocycles. The van der Waals surface area contributed by atoms with Gasteiger partial charge in [0, 0.05) is 6.61 Å². The molecule has 0 spiro atoms. The summed E-state index contributed by atoms with van der Waals surface area (Å²) in [6, 6.07) is 5.03. The van der Waals surface area contributed by atoms with Gasteiger partial charge < -0.3 is 10.2 Å². The van der Waals surface area contributed by atoms with Gasteiger partial charge in [-0.15, -0.1) is 0 Å². The van der Waals surface area contributed by atoms with E-state index >= 15 is 0 Å². The van der Waals surface area contributed by atoms with E-state index in [4.69, 9.17) is 10.2 Å². The molecule has 2 unspecified atom stereocenters. The lowest BCUT2D eigenvalue weighted by Gasteiger charge is -2.14. The zero-order chi connectivity index (χ0) is 16.0. The van der Waals surface area contributed by atoms with Gasteiger partial charge in [-0.25, -0.2) is 8.42 Å². The number of carboxylic acids is 1. The third-order valence-corrected chi connectivity index (χ3v) is 4.87. The van der Waals surface area contributed by atoms with Crippen LogP contribution in [0.5, 0.6) is 0 Å². The minimum atomic E-state index is -3.92. The second kappa shape index (κ2) is 7.53. The van der Waals surface area contributed by atoms with Gasteiger partial charge in [0.15, 0.2) is 0 Å². The number of benzene rings is 1. The summed E-state index contributed by atoms with van der Waals surface area (Å²) in [6.45, 7) is 3.68. The van der Waals surface area contributed by atoms with Crippen LogP contribution in [0.1, 0.15) is 38.2 Å². The molecule has 21 heavy (non-hydrogen) atoms. The zero-order valence-corrected chi connectivity index (χ0v) is 12.9. The van der Waals surface area contributed by atoms with E-state index in [0.717, 1.165) is 12.0 Å². The molecule has 1 aromatic carbocycles. The summed E-state index contributed by atoms with van der Waals surface area (Å²) in [7, 11) is -3.92. The van der Waals surface area contributed by atoms with Crippen LogP contribution in [0.4, 0.5) is 0 Å². The van der Waals surface area contributed by atoms with Crippen molar-refractivity contribution in [1.29, 1.82) is 0 Å². The van der Waals surface area contributed by atoms with Crippen LogP contribution in [-0.4, -0.2) is 37.2 Å². The van der Waals surface area contributed by atoms with Gasteiger partial charge in [0.25, 0.3) is 0 Å². The molecular formula is C14H21NO5S. The smallest absolute Gasteiger partial charge is 0.321 e. The molecule has 0 aliphatic heterocycles. The lowest BCUT2D eigenvalue weighted by molar-refractivity contribution is -0.139. The zero-order valence-electron chi connectivity index (χ0n) is 12.1. The van der Waals surface area contributed by atoms with E-state index in [-0.39, 0.29) is 11.3 Å². The van der Waals surface area contributed by atoms with Crippen molar-refractivity contribution >= 4 is 16.0 Å². The lowest BCUT2D eigenvalue weighted by Crippen LogP contribution is -2.41. The van der Waals surface area contributed by atoms with Crippen LogP contribution in [0.15, 0.2) is 29.2 Å². The van der Waals surface area contributed by atoms with Crippen LogP contribution in [0.25, 0.3) is 0 Å². The molecule has 0 bridgehead atoms. The highest BCUT2D eigenvalue weighted by Crippen LogP contribution is 2.20. The Kier molecular flexibility index (Phi) is 6.32. The minimum absolute atomic E-state index is 0.0127. The molecule has 118 valence electrons. The Morgan fingerprint density at radius 2 is 1.86 bits per heavy atom. The summed E-state index contributed by atoms with van der Waals surface area (Å²) < 4.78 is 26.3. The van der Waals surface area contributed by atoms with Gasteiger partial charge in [-0.3, -0.25) is 4.79 Å². The van der Waals surface area contributed by atoms with Crippen LogP contribution in [0, 0.1) is 0 Å². The Balaban J connectivity index is 2.94. The SMILES string of the molecule is CCC(C)c1ccc(S(=O)(=O)NC(CCO)C(=O)O)cc1. The molecule has 0 aliphatic carbocycles. The van der Waals surface area contributed by atoms with Crippen LogP contribution >= 0.6 is 0 Å². The second-order valence-electron chi connectivity index (χ2n) is 4.90. The number of carboxylic acid groups (broad SMARTS) is 1. The first kappa shape index (κ1) is 17.6. The first-order valence-electron chi connectivity index (χ1n) is 6.77. The predicted octanol–water partition coefficient (Wildman–Crippen LogP) is 1.31. The lowest BCUT2D eigenvalue weighted by atomic mass is 9.99. The standard InChI is InChI=1S/C14H21NO5S/c1-3-10(2)11-4-6-12(7-5-11)21(19,20)15-13(8-9-16)14(17)18/h4-7,10,13,15-16H,3,8-9H2,1-2H3,(H,17,18). The third-order valence-electron chi connectivity index (χ3n) is 3.39. The van der Waals surface area contributed by atoms with Crippen LogP contribution in [0.3, 0.4) is 0 Å². The molecule has 0 saturated carbocycles. The van der Waals surface area contributed by atoms with Gasteiger partial charge in [0.05, 0.1) is 4.90 Å². The Morgan fingerprint density at radius 3 is 2.29 bits per heavy atom. The fourth-order valence-electron chi connectivity index (χ4n) is 1.83. The quantitative estimate of drug-likeness (QED) is 0.671. The maximum atomic E-state index is 12.1. The second-order valence-corrected chi connectivity index (χ2v) is 6.62. The molecule has 0 aliphatic rings. The normalized spacial score (nSPS) is 14.6. The topological polar surface area (TPSA) is 104 Å². The summed E-state index contributed by atoms with van der Waals surface area (Å²) in [5.41, 5.74) is 1.03. The molecule has 1 rings (SSSR count). The van der Waals surface area contributed by atoms with Crippen molar-refractivity contribution < 1.29 is 23.4 Å². The molecule has 0 radical (unpaired) electrons. The number of carbonyl (C=O) groups is 1. The maximum absolute atomic E-state index is 12.1. The molecule has 0 amide bonds. The molecule has 0 heterocycles. The van der Waals surface area contributed by atoms with Gasteiger partial charge >= 0.3 is 5.97 Å². The molecular weight excluding hydrogens is 294 g/mol. The van der Waals surface area contributed by atoms with Crippen LogP contribution in [-0.2, 0) is 14.8 Å². The fourth-order valence-corrected chi connectivity index (χ4v) is 3.05. The van der Waals surface area contributed by atoms with Gasteiger partial charge in [-0.2, -0.15) is 4.72 Å². The number of aliphatic hydroxyl groups is 1. The Bertz CT molecular complexity index is 568. The molecule has 2 atom stereocenters. The van der Waals surface area contributed by atoms with Crippen LogP contribution < -0.4 is 4.72 Å². The fraction of sp³-hybridized carbons (Fsp3) is 0.500. The number of nitrogens with one attached hydrogen (secondary N) is 1. The average molecular weight is 315 g/mol. The van der Waals surface area contributed by atoms with Crippen molar-refractivity contribution in [3.05, 3.63) is 29.8 Å². The molecule has 6 nitrogen and oxygen atoms in total. The molecule has 0 aromatic heterocycles.